The summed E-state index contributed by atoms with van der Waals surface area (Å²) < 4.78 is 10.1. The van der Waals surface area contributed by atoms with Gasteiger partial charge in [-0.1, -0.05) is 18.7 Å². The molecule has 0 amide bonds. The summed E-state index contributed by atoms with van der Waals surface area (Å²) in [4.78, 5) is 23.7. The van der Waals surface area contributed by atoms with Crippen molar-refractivity contribution in [2.45, 2.75) is 6.42 Å². The zero-order valence-corrected chi connectivity index (χ0v) is 15.1. The van der Waals surface area contributed by atoms with Crippen molar-refractivity contribution in [1.29, 1.82) is 0 Å². The van der Waals surface area contributed by atoms with Crippen LogP contribution in [0, 0.1) is 0 Å². The van der Waals surface area contributed by atoms with E-state index in [9.17, 15) is 19.8 Å². The van der Waals surface area contributed by atoms with Gasteiger partial charge in [-0.15, -0.1) is 0 Å². The first kappa shape index (κ1) is 19.8. The zero-order chi connectivity index (χ0) is 20.0. The maximum Gasteiger partial charge on any atom is 0.164 e. The molecule has 6 heteroatoms. The Hall–Kier alpha value is -3.54. The second-order valence-electron chi connectivity index (χ2n) is 5.64. The molecule has 0 atom stereocenters. The van der Waals surface area contributed by atoms with Crippen LogP contribution < -0.4 is 9.47 Å². The number of ketones is 2. The van der Waals surface area contributed by atoms with Crippen LogP contribution in [0.2, 0.25) is 0 Å². The number of phenolic OH excluding ortho intramolecular Hbond substituents is 2. The number of allylic oxidation sites excluding steroid dienone is 2. The van der Waals surface area contributed by atoms with Gasteiger partial charge in [0.25, 0.3) is 0 Å². The van der Waals surface area contributed by atoms with Gasteiger partial charge in [0.2, 0.25) is 0 Å². The van der Waals surface area contributed by atoms with E-state index in [1.54, 1.807) is 24.3 Å². The first-order valence-corrected chi connectivity index (χ1v) is 8.04. The SMILES string of the molecule is C=CC(=O)CC(=O)C=C(c1ccc(OC)c(O)c1)c1ccc(OC)c(O)c1. The number of ether oxygens (including phenoxy) is 2. The summed E-state index contributed by atoms with van der Waals surface area (Å²) >= 11 is 0. The average molecular weight is 368 g/mol. The van der Waals surface area contributed by atoms with E-state index in [0.29, 0.717) is 16.7 Å². The summed E-state index contributed by atoms with van der Waals surface area (Å²) in [5.74, 6) is -0.472. The molecule has 2 aromatic rings. The van der Waals surface area contributed by atoms with Crippen molar-refractivity contribution in [3.8, 4) is 23.0 Å². The third-order valence-electron chi connectivity index (χ3n) is 3.86. The van der Waals surface area contributed by atoms with Crippen LogP contribution in [0.3, 0.4) is 0 Å². The van der Waals surface area contributed by atoms with Crippen LogP contribution in [-0.4, -0.2) is 36.0 Å². The molecule has 2 rings (SSSR count). The second-order valence-corrected chi connectivity index (χ2v) is 5.64. The summed E-state index contributed by atoms with van der Waals surface area (Å²) in [6.07, 6.45) is 2.06. The molecule has 0 heterocycles. The highest BCUT2D eigenvalue weighted by atomic mass is 16.5. The molecule has 0 aliphatic carbocycles. The molecule has 6 nitrogen and oxygen atoms in total. The van der Waals surface area contributed by atoms with E-state index in [0.717, 1.165) is 6.08 Å². The van der Waals surface area contributed by atoms with Gasteiger partial charge in [0.1, 0.15) is 0 Å². The van der Waals surface area contributed by atoms with Gasteiger partial charge in [0, 0.05) is 0 Å². The highest BCUT2D eigenvalue weighted by Crippen LogP contribution is 2.35. The van der Waals surface area contributed by atoms with Crippen LogP contribution in [-0.2, 0) is 9.59 Å². The summed E-state index contributed by atoms with van der Waals surface area (Å²) in [5.41, 5.74) is 1.45. The minimum absolute atomic E-state index is 0.103. The molecule has 0 aromatic heterocycles. The molecule has 0 saturated heterocycles. The normalized spacial score (nSPS) is 10.0. The van der Waals surface area contributed by atoms with E-state index in [4.69, 9.17) is 9.47 Å². The molecule has 0 fully saturated rings. The summed E-state index contributed by atoms with van der Waals surface area (Å²) in [7, 11) is 2.86. The lowest BCUT2D eigenvalue weighted by atomic mass is 9.95. The van der Waals surface area contributed by atoms with Crippen LogP contribution in [0.5, 0.6) is 23.0 Å². The largest absolute Gasteiger partial charge is 0.504 e. The van der Waals surface area contributed by atoms with Gasteiger partial charge in [-0.25, -0.2) is 0 Å². The fourth-order valence-corrected chi connectivity index (χ4v) is 2.50. The van der Waals surface area contributed by atoms with Gasteiger partial charge in [0.15, 0.2) is 34.6 Å². The van der Waals surface area contributed by atoms with E-state index in [2.05, 4.69) is 6.58 Å². The van der Waals surface area contributed by atoms with E-state index in [-0.39, 0.29) is 29.4 Å². The first-order chi connectivity index (χ1) is 12.9. The molecule has 140 valence electrons. The third kappa shape index (κ3) is 4.76. The number of hydrogen-bond donors (Lipinski definition) is 2. The van der Waals surface area contributed by atoms with Gasteiger partial charge in [-0.05, 0) is 53.1 Å². The molecule has 2 N–H and O–H groups in total. The predicted octanol–water partition coefficient (Wildman–Crippen LogP) is 3.26. The molecule has 2 aromatic carbocycles. The Morgan fingerprint density at radius 1 is 0.926 bits per heavy atom. The van der Waals surface area contributed by atoms with Gasteiger partial charge in [0.05, 0.1) is 20.6 Å². The fraction of sp³-hybridized carbons (Fsp3) is 0.143. The molecule has 0 bridgehead atoms. The second kappa shape index (κ2) is 8.71. The number of carbonyl (C=O) groups excluding carboxylic acids is 2. The molecule has 0 unspecified atom stereocenters. The summed E-state index contributed by atoms with van der Waals surface area (Å²) in [5, 5.41) is 20.1. The molecular weight excluding hydrogens is 348 g/mol. The van der Waals surface area contributed by atoms with Crippen LogP contribution in [0.25, 0.3) is 5.57 Å². The van der Waals surface area contributed by atoms with Gasteiger partial charge >= 0.3 is 0 Å². The molecule has 0 aliphatic rings. The maximum absolute atomic E-state index is 12.3. The quantitative estimate of drug-likeness (QED) is 0.549. The maximum atomic E-state index is 12.3. The van der Waals surface area contributed by atoms with Crippen LogP contribution in [0.4, 0.5) is 0 Å². The lowest BCUT2D eigenvalue weighted by molar-refractivity contribution is -0.121. The molecular formula is C21H20O6. The van der Waals surface area contributed by atoms with E-state index in [1.807, 2.05) is 0 Å². The molecule has 0 saturated carbocycles. The number of methoxy groups -OCH3 is 2. The minimum atomic E-state index is -0.430. The number of benzene rings is 2. The Kier molecular flexibility index (Phi) is 6.38. The monoisotopic (exact) mass is 368 g/mol. The van der Waals surface area contributed by atoms with E-state index in [1.165, 1.54) is 32.4 Å². The van der Waals surface area contributed by atoms with E-state index < -0.39 is 11.6 Å². The van der Waals surface area contributed by atoms with Crippen molar-refractivity contribution in [2.24, 2.45) is 0 Å². The standard InChI is InChI=1S/C21H20O6/c1-4-15(22)11-16(23)12-17(13-5-7-20(26-2)18(24)9-13)14-6-8-21(27-3)19(25)10-14/h4-10,12,24-25H,1,11H2,2-3H3. The Labute approximate surface area is 157 Å². The van der Waals surface area contributed by atoms with Crippen molar-refractivity contribution < 1.29 is 29.3 Å². The van der Waals surface area contributed by atoms with Crippen molar-refractivity contribution >= 4 is 17.1 Å². The Morgan fingerprint density at radius 3 is 1.78 bits per heavy atom. The van der Waals surface area contributed by atoms with Gasteiger partial charge < -0.3 is 19.7 Å². The lowest BCUT2D eigenvalue weighted by Crippen LogP contribution is -2.03. The van der Waals surface area contributed by atoms with E-state index >= 15 is 0 Å². The Balaban J connectivity index is 2.56. The first-order valence-electron chi connectivity index (χ1n) is 8.04. The Bertz CT molecular complexity index is 855. The highest BCUT2D eigenvalue weighted by Gasteiger charge is 2.14. The predicted molar refractivity (Wildman–Crippen MR) is 101 cm³/mol. The molecule has 0 spiro atoms. The van der Waals surface area contributed by atoms with Crippen molar-refractivity contribution in [3.05, 3.63) is 66.3 Å². The fourth-order valence-electron chi connectivity index (χ4n) is 2.50. The lowest BCUT2D eigenvalue weighted by Gasteiger charge is -2.12. The van der Waals surface area contributed by atoms with Crippen LogP contribution in [0.1, 0.15) is 17.5 Å². The smallest absolute Gasteiger partial charge is 0.164 e. The van der Waals surface area contributed by atoms with Crippen molar-refractivity contribution in [3.63, 3.8) is 0 Å². The zero-order valence-electron chi connectivity index (χ0n) is 15.1. The van der Waals surface area contributed by atoms with Crippen LogP contribution in [0.15, 0.2) is 55.1 Å². The number of hydrogen-bond acceptors (Lipinski definition) is 6. The number of aromatic hydroxyl groups is 2. The summed E-state index contributed by atoms with van der Waals surface area (Å²) in [6.45, 7) is 3.35. The molecule has 0 radical (unpaired) electrons. The molecule has 0 aliphatic heterocycles. The van der Waals surface area contributed by atoms with Crippen molar-refractivity contribution in [2.75, 3.05) is 14.2 Å². The van der Waals surface area contributed by atoms with Gasteiger partial charge in [-0.2, -0.15) is 0 Å². The highest BCUT2D eigenvalue weighted by molar-refractivity contribution is 6.11. The van der Waals surface area contributed by atoms with Crippen LogP contribution >= 0.6 is 0 Å². The van der Waals surface area contributed by atoms with Gasteiger partial charge in [-0.3, -0.25) is 9.59 Å². The number of carbonyl (C=O) groups is 2. The number of phenols is 2. The van der Waals surface area contributed by atoms with Crippen molar-refractivity contribution in [1.82, 2.24) is 0 Å². The number of rotatable bonds is 8. The minimum Gasteiger partial charge on any atom is -0.504 e. The Morgan fingerprint density at radius 2 is 1.41 bits per heavy atom. The summed E-state index contributed by atoms with van der Waals surface area (Å²) in [6, 6.07) is 9.31. The molecule has 27 heavy (non-hydrogen) atoms. The average Bonchev–Trinajstić information content (AvgIpc) is 2.65. The third-order valence-corrected chi connectivity index (χ3v) is 3.86. The topological polar surface area (TPSA) is 93.1 Å².